The third-order valence-electron chi connectivity index (χ3n) is 6.22. The number of benzene rings is 2. The van der Waals surface area contributed by atoms with E-state index in [0.717, 1.165) is 35.3 Å². The summed E-state index contributed by atoms with van der Waals surface area (Å²) in [4.78, 5) is 27.5. The molecule has 1 aliphatic carbocycles. The van der Waals surface area contributed by atoms with Gasteiger partial charge in [0, 0.05) is 12.6 Å². The highest BCUT2D eigenvalue weighted by Gasteiger charge is 2.35. The first-order valence-corrected chi connectivity index (χ1v) is 11.2. The monoisotopic (exact) mass is 453 g/mol. The van der Waals surface area contributed by atoms with Gasteiger partial charge in [-0.1, -0.05) is 12.1 Å². The topological polar surface area (TPSA) is 89.1 Å². The van der Waals surface area contributed by atoms with Gasteiger partial charge in [-0.2, -0.15) is 0 Å². The van der Waals surface area contributed by atoms with Crippen molar-refractivity contribution in [3.05, 3.63) is 53.1 Å². The van der Waals surface area contributed by atoms with Crippen molar-refractivity contribution >= 4 is 11.9 Å². The van der Waals surface area contributed by atoms with Crippen molar-refractivity contribution in [2.24, 2.45) is 0 Å². The van der Waals surface area contributed by atoms with Gasteiger partial charge in [-0.15, -0.1) is 0 Å². The average Bonchev–Trinajstić information content (AvgIpc) is 3.66. The van der Waals surface area contributed by atoms with Gasteiger partial charge in [0.05, 0.1) is 27.4 Å². The van der Waals surface area contributed by atoms with Gasteiger partial charge in [-0.05, 0) is 67.1 Å². The van der Waals surface area contributed by atoms with Gasteiger partial charge >= 0.3 is 6.03 Å². The summed E-state index contributed by atoms with van der Waals surface area (Å²) < 4.78 is 16.3. The van der Waals surface area contributed by atoms with Crippen molar-refractivity contribution < 1.29 is 23.8 Å². The van der Waals surface area contributed by atoms with Gasteiger partial charge in [-0.25, -0.2) is 4.79 Å². The van der Waals surface area contributed by atoms with Crippen LogP contribution >= 0.6 is 0 Å². The largest absolute Gasteiger partial charge is 0.497 e. The summed E-state index contributed by atoms with van der Waals surface area (Å²) in [6, 6.07) is 10.6. The zero-order valence-corrected chi connectivity index (χ0v) is 19.5. The first-order valence-electron chi connectivity index (χ1n) is 11.2. The quantitative estimate of drug-likeness (QED) is 0.673. The normalized spacial score (nSPS) is 18.1. The number of nitrogens with one attached hydrogen (secondary N) is 2. The fourth-order valence-electron chi connectivity index (χ4n) is 4.20. The van der Waals surface area contributed by atoms with E-state index in [2.05, 4.69) is 10.6 Å². The molecule has 8 nitrogen and oxygen atoms in total. The minimum absolute atomic E-state index is 0.157. The Morgan fingerprint density at radius 1 is 1.00 bits per heavy atom. The van der Waals surface area contributed by atoms with Crippen LogP contribution in [0.2, 0.25) is 0 Å². The summed E-state index contributed by atoms with van der Waals surface area (Å²) in [7, 11) is 4.83. The van der Waals surface area contributed by atoms with Crippen LogP contribution in [-0.4, -0.2) is 56.8 Å². The zero-order chi connectivity index (χ0) is 23.5. The third-order valence-corrected chi connectivity index (χ3v) is 6.22. The van der Waals surface area contributed by atoms with E-state index in [9.17, 15) is 9.59 Å². The average molecular weight is 454 g/mol. The minimum atomic E-state index is -0.624. The molecule has 33 heavy (non-hydrogen) atoms. The molecule has 1 aliphatic heterocycles. The van der Waals surface area contributed by atoms with Crippen LogP contribution in [0, 0.1) is 0 Å². The second-order valence-electron chi connectivity index (χ2n) is 8.48. The number of rotatable bonds is 7. The highest BCUT2D eigenvalue weighted by molar-refractivity contribution is 5.87. The number of hydrogen-bond donors (Lipinski definition) is 2. The molecule has 0 aromatic heterocycles. The summed E-state index contributed by atoms with van der Waals surface area (Å²) in [6.07, 6.45) is 2.67. The molecule has 0 radical (unpaired) electrons. The van der Waals surface area contributed by atoms with Crippen LogP contribution in [0.5, 0.6) is 17.2 Å². The van der Waals surface area contributed by atoms with Crippen molar-refractivity contribution in [1.82, 2.24) is 15.5 Å². The molecule has 0 saturated heterocycles. The van der Waals surface area contributed by atoms with Crippen LogP contribution in [0.25, 0.3) is 0 Å². The molecule has 2 atom stereocenters. The molecule has 2 aromatic carbocycles. The molecular weight excluding hydrogens is 422 g/mol. The lowest BCUT2D eigenvalue weighted by Gasteiger charge is -2.38. The number of hydrogen-bond acceptors (Lipinski definition) is 5. The van der Waals surface area contributed by atoms with E-state index in [1.165, 1.54) is 0 Å². The van der Waals surface area contributed by atoms with E-state index >= 15 is 0 Å². The molecule has 1 fully saturated rings. The van der Waals surface area contributed by atoms with Crippen LogP contribution in [0.3, 0.4) is 0 Å². The lowest BCUT2D eigenvalue weighted by Crippen LogP contribution is -2.52. The van der Waals surface area contributed by atoms with Crippen molar-refractivity contribution in [3.8, 4) is 17.2 Å². The molecule has 176 valence electrons. The lowest BCUT2D eigenvalue weighted by molar-refractivity contribution is -0.122. The van der Waals surface area contributed by atoms with Gasteiger partial charge in [0.15, 0.2) is 11.5 Å². The molecule has 4 rings (SSSR count). The zero-order valence-electron chi connectivity index (χ0n) is 19.5. The predicted octanol–water partition coefficient (Wildman–Crippen LogP) is 3.04. The van der Waals surface area contributed by atoms with Crippen molar-refractivity contribution in [2.75, 3.05) is 27.9 Å². The fraction of sp³-hybridized carbons (Fsp3) is 0.440. The van der Waals surface area contributed by atoms with Crippen molar-refractivity contribution in [2.45, 2.75) is 44.3 Å². The minimum Gasteiger partial charge on any atom is -0.497 e. The third kappa shape index (κ3) is 4.84. The first-order chi connectivity index (χ1) is 15.9. The Hall–Kier alpha value is -3.42. The van der Waals surface area contributed by atoms with E-state index in [4.69, 9.17) is 14.2 Å². The van der Waals surface area contributed by atoms with Gasteiger partial charge in [0.2, 0.25) is 5.91 Å². The van der Waals surface area contributed by atoms with Crippen LogP contribution in [-0.2, 0) is 11.2 Å². The molecule has 0 spiro atoms. The van der Waals surface area contributed by atoms with E-state index in [1.54, 1.807) is 33.2 Å². The molecule has 8 heteroatoms. The Labute approximate surface area is 194 Å². The maximum absolute atomic E-state index is 13.4. The smallest absolute Gasteiger partial charge is 0.318 e. The van der Waals surface area contributed by atoms with Gasteiger partial charge in [0.1, 0.15) is 11.8 Å². The molecular formula is C25H31N3O5. The molecule has 0 bridgehead atoms. The van der Waals surface area contributed by atoms with Crippen LogP contribution in [0.1, 0.15) is 42.5 Å². The van der Waals surface area contributed by atoms with E-state index in [-0.39, 0.29) is 24.0 Å². The Kier molecular flexibility index (Phi) is 6.62. The van der Waals surface area contributed by atoms with Crippen LogP contribution in [0.4, 0.5) is 4.79 Å². The number of carbonyl (C=O) groups excluding carboxylic acids is 2. The van der Waals surface area contributed by atoms with E-state index in [1.807, 2.05) is 36.4 Å². The first kappa shape index (κ1) is 22.8. The molecule has 2 N–H and O–H groups in total. The van der Waals surface area contributed by atoms with Gasteiger partial charge < -0.3 is 29.7 Å². The number of fused-ring (bicyclic) bond motifs is 1. The molecule has 1 heterocycles. The number of nitrogens with zero attached hydrogens (tertiary/aromatic N) is 1. The Morgan fingerprint density at radius 3 is 2.27 bits per heavy atom. The molecule has 3 amide bonds. The summed E-state index contributed by atoms with van der Waals surface area (Å²) in [5.74, 6) is 1.85. The van der Waals surface area contributed by atoms with Crippen molar-refractivity contribution in [1.29, 1.82) is 0 Å². The highest BCUT2D eigenvalue weighted by atomic mass is 16.5. The van der Waals surface area contributed by atoms with Crippen LogP contribution < -0.4 is 24.8 Å². The second kappa shape index (κ2) is 9.60. The van der Waals surface area contributed by atoms with Gasteiger partial charge in [-0.3, -0.25) is 4.79 Å². The van der Waals surface area contributed by atoms with Crippen molar-refractivity contribution in [3.63, 3.8) is 0 Å². The Morgan fingerprint density at radius 2 is 1.67 bits per heavy atom. The lowest BCUT2D eigenvalue weighted by atomic mass is 9.87. The number of carbonyl (C=O) groups is 2. The van der Waals surface area contributed by atoms with E-state index < -0.39 is 6.04 Å². The Balaban J connectivity index is 1.66. The molecule has 1 saturated carbocycles. The highest BCUT2D eigenvalue weighted by Crippen LogP contribution is 2.41. The number of ether oxygens (including phenoxy) is 3. The molecule has 2 aliphatic rings. The summed E-state index contributed by atoms with van der Waals surface area (Å²) >= 11 is 0. The molecule has 2 aromatic rings. The SMILES string of the molecule is COc1ccc([C@@H]2c3cc(OC)c(OC)cc3CCN2C(=O)N[C@@H](C)C(=O)NC2CC2)cc1. The maximum Gasteiger partial charge on any atom is 0.318 e. The number of urea groups is 1. The van der Waals surface area contributed by atoms with Crippen LogP contribution in [0.15, 0.2) is 36.4 Å². The van der Waals surface area contributed by atoms with E-state index in [0.29, 0.717) is 24.5 Å². The molecule has 0 unspecified atom stereocenters. The second-order valence-corrected chi connectivity index (χ2v) is 8.48. The summed E-state index contributed by atoms with van der Waals surface area (Å²) in [6.45, 7) is 2.21. The Bertz CT molecular complexity index is 1020. The fourth-order valence-corrected chi connectivity index (χ4v) is 4.20. The predicted molar refractivity (Wildman–Crippen MR) is 124 cm³/mol. The van der Waals surface area contributed by atoms with Gasteiger partial charge in [0.25, 0.3) is 0 Å². The summed E-state index contributed by atoms with van der Waals surface area (Å²) in [5.41, 5.74) is 3.00. The number of amides is 3. The summed E-state index contributed by atoms with van der Waals surface area (Å²) in [5, 5.41) is 5.83. The standard InChI is InChI=1S/C25H31N3O5/c1-15(24(29)27-18-7-8-18)26-25(30)28-12-11-17-13-21(32-3)22(33-4)14-20(17)23(28)16-5-9-19(31-2)10-6-16/h5-6,9-10,13-15,18,23H,7-8,11-12H2,1-4H3,(H,26,30)(H,27,29)/t15-,23+/m0/s1. The maximum atomic E-state index is 13.4. The number of methoxy groups -OCH3 is 3.